The molecule has 0 saturated carbocycles. The zero-order valence-corrected chi connectivity index (χ0v) is 22.7. The lowest BCUT2D eigenvalue weighted by Gasteiger charge is -2.47. The van der Waals surface area contributed by atoms with Crippen LogP contribution in [0.3, 0.4) is 0 Å². The zero-order valence-electron chi connectivity index (χ0n) is 22.0. The molecular weight excluding hydrogens is 477 g/mol. The van der Waals surface area contributed by atoms with Gasteiger partial charge in [0.05, 0.1) is 16.3 Å². The zero-order chi connectivity index (χ0) is 26.4. The SMILES string of the molecule is C=C1N=C(N2CC(C)N(C(=O)CC)CC2C)c2cc(Cl)c(-c3ccccc3F)nc2N1CC(C)(C)C. The molecule has 0 spiro atoms. The quantitative estimate of drug-likeness (QED) is 0.510. The third kappa shape index (κ3) is 4.99. The van der Waals surface area contributed by atoms with Gasteiger partial charge in [0.15, 0.2) is 0 Å². The third-order valence-electron chi connectivity index (χ3n) is 6.64. The minimum absolute atomic E-state index is 0.0294. The highest BCUT2D eigenvalue weighted by Crippen LogP contribution is 2.39. The Morgan fingerprint density at radius 1 is 1.17 bits per heavy atom. The number of pyridine rings is 1. The highest BCUT2D eigenvalue weighted by Gasteiger charge is 2.38. The first-order valence-corrected chi connectivity index (χ1v) is 12.9. The van der Waals surface area contributed by atoms with Crippen LogP contribution in [0.15, 0.2) is 47.7 Å². The number of amides is 1. The molecule has 2 atom stereocenters. The molecule has 8 heteroatoms. The van der Waals surface area contributed by atoms with E-state index in [2.05, 4.69) is 46.1 Å². The summed E-state index contributed by atoms with van der Waals surface area (Å²) in [5, 5.41) is 0.357. The van der Waals surface area contributed by atoms with Gasteiger partial charge in [-0.1, -0.05) is 58.0 Å². The van der Waals surface area contributed by atoms with E-state index in [1.54, 1.807) is 18.2 Å². The number of amidine groups is 1. The number of carbonyl (C=O) groups excluding carboxylic acids is 1. The van der Waals surface area contributed by atoms with Crippen molar-refractivity contribution in [2.75, 3.05) is 24.5 Å². The summed E-state index contributed by atoms with van der Waals surface area (Å²) < 4.78 is 14.7. The maximum Gasteiger partial charge on any atom is 0.222 e. The number of fused-ring (bicyclic) bond motifs is 1. The summed E-state index contributed by atoms with van der Waals surface area (Å²) in [4.78, 5) is 28.5. The van der Waals surface area contributed by atoms with Crippen LogP contribution >= 0.6 is 11.6 Å². The summed E-state index contributed by atoms with van der Waals surface area (Å²) in [5.74, 6) is 1.75. The van der Waals surface area contributed by atoms with Gasteiger partial charge in [-0.25, -0.2) is 14.4 Å². The number of benzene rings is 1. The Morgan fingerprint density at radius 2 is 1.86 bits per heavy atom. The Bertz CT molecular complexity index is 1220. The highest BCUT2D eigenvalue weighted by atomic mass is 35.5. The van der Waals surface area contributed by atoms with Gasteiger partial charge in [0.1, 0.15) is 23.3 Å². The number of piperazine rings is 1. The Kier molecular flexibility index (Phi) is 7.15. The molecule has 0 aliphatic carbocycles. The molecular formula is C28H35ClFN5O. The van der Waals surface area contributed by atoms with Crippen LogP contribution in [0.5, 0.6) is 0 Å². The van der Waals surface area contributed by atoms with Crippen LogP contribution in [0, 0.1) is 11.2 Å². The van der Waals surface area contributed by atoms with E-state index in [1.807, 2.05) is 22.8 Å². The molecule has 1 amide bonds. The number of nitrogens with zero attached hydrogens (tertiary/aromatic N) is 5. The van der Waals surface area contributed by atoms with Crippen molar-refractivity contribution in [3.63, 3.8) is 0 Å². The van der Waals surface area contributed by atoms with E-state index in [0.717, 1.165) is 11.4 Å². The van der Waals surface area contributed by atoms with Gasteiger partial charge in [-0.2, -0.15) is 0 Å². The molecule has 1 saturated heterocycles. The Balaban J connectivity index is 1.83. The fourth-order valence-corrected chi connectivity index (χ4v) is 5.14. The highest BCUT2D eigenvalue weighted by molar-refractivity contribution is 6.33. The van der Waals surface area contributed by atoms with Crippen molar-refractivity contribution in [2.45, 2.75) is 60.0 Å². The van der Waals surface area contributed by atoms with Gasteiger partial charge >= 0.3 is 0 Å². The molecule has 36 heavy (non-hydrogen) atoms. The van der Waals surface area contributed by atoms with Crippen molar-refractivity contribution < 1.29 is 9.18 Å². The molecule has 4 rings (SSSR count). The summed E-state index contributed by atoms with van der Waals surface area (Å²) in [6.45, 7) is 18.6. The summed E-state index contributed by atoms with van der Waals surface area (Å²) >= 11 is 6.74. The standard InChI is InChI=1S/C28H35ClFN5O/c1-8-24(36)33-14-18(3)34(15-17(33)2)26-21-13-22(29)25(20-11-9-10-12-23(20)30)32-27(21)35(19(4)31-26)16-28(5,6)7/h9-13,17-18H,4,8,14-16H2,1-3,5-7H3. The summed E-state index contributed by atoms with van der Waals surface area (Å²) in [6.07, 6.45) is 0.484. The number of rotatable bonds is 3. The minimum Gasteiger partial charge on any atom is -0.349 e. The summed E-state index contributed by atoms with van der Waals surface area (Å²) in [6, 6.07) is 8.42. The van der Waals surface area contributed by atoms with E-state index >= 15 is 0 Å². The second kappa shape index (κ2) is 9.85. The molecule has 2 aliphatic rings. The molecule has 1 aromatic heterocycles. The number of halogens is 2. The minimum atomic E-state index is -0.378. The molecule has 0 N–H and O–H groups in total. The van der Waals surface area contributed by atoms with Gasteiger partial charge < -0.3 is 14.7 Å². The van der Waals surface area contributed by atoms with Crippen molar-refractivity contribution in [3.05, 3.63) is 59.1 Å². The maximum atomic E-state index is 14.7. The molecule has 192 valence electrons. The Hall–Kier alpha value is -2.93. The smallest absolute Gasteiger partial charge is 0.222 e. The second-order valence-electron chi connectivity index (χ2n) is 10.9. The topological polar surface area (TPSA) is 52.0 Å². The van der Waals surface area contributed by atoms with Crippen molar-refractivity contribution in [2.24, 2.45) is 10.4 Å². The fourth-order valence-electron chi connectivity index (χ4n) is 4.89. The van der Waals surface area contributed by atoms with E-state index in [0.29, 0.717) is 54.0 Å². The molecule has 0 radical (unpaired) electrons. The molecule has 1 aromatic carbocycles. The first kappa shape index (κ1) is 26.1. The van der Waals surface area contributed by atoms with Gasteiger partial charge in [-0.15, -0.1) is 0 Å². The molecule has 2 unspecified atom stereocenters. The van der Waals surface area contributed by atoms with E-state index in [-0.39, 0.29) is 29.2 Å². The van der Waals surface area contributed by atoms with Crippen molar-refractivity contribution in [1.82, 2.24) is 14.8 Å². The average Bonchev–Trinajstić information content (AvgIpc) is 2.81. The fraction of sp³-hybridized carbons (Fsp3) is 0.464. The summed E-state index contributed by atoms with van der Waals surface area (Å²) in [5.41, 5.74) is 1.46. The lowest BCUT2D eigenvalue weighted by molar-refractivity contribution is -0.135. The van der Waals surface area contributed by atoms with Crippen LogP contribution in [0.2, 0.25) is 5.02 Å². The predicted octanol–water partition coefficient (Wildman–Crippen LogP) is 5.96. The monoisotopic (exact) mass is 511 g/mol. The first-order valence-electron chi connectivity index (χ1n) is 12.5. The number of hydrogen-bond acceptors (Lipinski definition) is 5. The van der Waals surface area contributed by atoms with Gasteiger partial charge in [0.25, 0.3) is 0 Å². The number of anilines is 1. The number of aliphatic imine (C=N–C) groups is 1. The van der Waals surface area contributed by atoms with Gasteiger partial charge in [0, 0.05) is 43.7 Å². The van der Waals surface area contributed by atoms with Crippen LogP contribution in [0.25, 0.3) is 11.3 Å². The van der Waals surface area contributed by atoms with Crippen molar-refractivity contribution in [1.29, 1.82) is 0 Å². The maximum absolute atomic E-state index is 14.7. The van der Waals surface area contributed by atoms with E-state index in [9.17, 15) is 9.18 Å². The Morgan fingerprint density at radius 3 is 2.50 bits per heavy atom. The largest absolute Gasteiger partial charge is 0.349 e. The molecule has 6 nitrogen and oxygen atoms in total. The number of hydrogen-bond donors (Lipinski definition) is 0. The molecule has 2 aliphatic heterocycles. The van der Waals surface area contributed by atoms with E-state index in [1.165, 1.54) is 6.07 Å². The van der Waals surface area contributed by atoms with Crippen molar-refractivity contribution in [3.8, 4) is 11.3 Å². The van der Waals surface area contributed by atoms with Gasteiger partial charge in [-0.05, 0) is 37.5 Å². The molecule has 0 bridgehead atoms. The second-order valence-corrected chi connectivity index (χ2v) is 11.3. The lowest BCUT2D eigenvalue weighted by atomic mass is 9.95. The molecule has 2 aromatic rings. The van der Waals surface area contributed by atoms with Crippen LogP contribution in [0.4, 0.5) is 10.2 Å². The first-order chi connectivity index (χ1) is 16.9. The number of aromatic nitrogens is 1. The van der Waals surface area contributed by atoms with E-state index < -0.39 is 0 Å². The number of carbonyl (C=O) groups is 1. The lowest BCUT2D eigenvalue weighted by Crippen LogP contribution is -2.60. The third-order valence-corrected chi connectivity index (χ3v) is 6.93. The van der Waals surface area contributed by atoms with Crippen LogP contribution < -0.4 is 4.90 Å². The average molecular weight is 512 g/mol. The Labute approximate surface area is 218 Å². The van der Waals surface area contributed by atoms with Gasteiger partial charge in [-0.3, -0.25) is 4.79 Å². The van der Waals surface area contributed by atoms with Crippen LogP contribution in [-0.2, 0) is 4.79 Å². The van der Waals surface area contributed by atoms with Gasteiger partial charge in [0.2, 0.25) is 5.91 Å². The van der Waals surface area contributed by atoms with E-state index in [4.69, 9.17) is 21.6 Å². The van der Waals surface area contributed by atoms with Crippen LogP contribution in [0.1, 0.15) is 53.5 Å². The normalized spacial score (nSPS) is 20.4. The molecule has 1 fully saturated rings. The summed E-state index contributed by atoms with van der Waals surface area (Å²) in [7, 11) is 0. The van der Waals surface area contributed by atoms with Crippen LogP contribution in [-0.4, -0.2) is 58.2 Å². The molecule has 3 heterocycles. The predicted molar refractivity (Wildman–Crippen MR) is 145 cm³/mol. The van der Waals surface area contributed by atoms with Crippen molar-refractivity contribution >= 4 is 29.2 Å².